The Morgan fingerprint density at radius 3 is 2.50 bits per heavy atom. The number of aromatic nitrogens is 1. The fourth-order valence-electron chi connectivity index (χ4n) is 2.73. The van der Waals surface area contributed by atoms with Crippen LogP contribution in [0.4, 0.5) is 4.39 Å². The molecule has 0 aliphatic rings. The third kappa shape index (κ3) is 3.27. The summed E-state index contributed by atoms with van der Waals surface area (Å²) < 4.78 is 13.0. The van der Waals surface area contributed by atoms with Crippen molar-refractivity contribution in [3.05, 3.63) is 76.7 Å². The maximum Gasteiger partial charge on any atom is 0.253 e. The first-order chi connectivity index (χ1) is 11.4. The number of carbonyl (C=O) groups is 1. The third-order valence-corrected chi connectivity index (χ3v) is 4.12. The number of hydrogen-bond donors (Lipinski definition) is 1. The topological polar surface area (TPSA) is 42.0 Å². The number of amides is 1. The van der Waals surface area contributed by atoms with Crippen LogP contribution < -0.4 is 5.32 Å². The number of rotatable bonds is 3. The SMILES string of the molecule is Cc1ccc2nc(C)c(C(=O)NC(C)c3ccc(F)cc3)cc2c1. The Morgan fingerprint density at radius 1 is 1.08 bits per heavy atom. The van der Waals surface area contributed by atoms with Crippen LogP contribution in [0.1, 0.15) is 40.1 Å². The summed E-state index contributed by atoms with van der Waals surface area (Å²) in [5.74, 6) is -0.470. The van der Waals surface area contributed by atoms with E-state index in [1.54, 1.807) is 12.1 Å². The Hall–Kier alpha value is -2.75. The fourth-order valence-corrected chi connectivity index (χ4v) is 2.73. The molecule has 1 aromatic heterocycles. The lowest BCUT2D eigenvalue weighted by atomic mass is 10.1. The van der Waals surface area contributed by atoms with Crippen molar-refractivity contribution in [1.29, 1.82) is 0 Å². The van der Waals surface area contributed by atoms with Gasteiger partial charge in [0, 0.05) is 5.39 Å². The molecule has 0 aliphatic heterocycles. The highest BCUT2D eigenvalue weighted by molar-refractivity contribution is 5.98. The van der Waals surface area contributed by atoms with E-state index in [0.717, 1.165) is 22.0 Å². The van der Waals surface area contributed by atoms with Crippen molar-refractivity contribution in [3.8, 4) is 0 Å². The van der Waals surface area contributed by atoms with Crippen molar-refractivity contribution in [2.24, 2.45) is 0 Å². The summed E-state index contributed by atoms with van der Waals surface area (Å²) in [5, 5.41) is 3.90. The molecule has 0 radical (unpaired) electrons. The molecule has 1 atom stereocenters. The van der Waals surface area contributed by atoms with Crippen LogP contribution in [0, 0.1) is 19.7 Å². The van der Waals surface area contributed by atoms with E-state index in [-0.39, 0.29) is 17.8 Å². The molecule has 1 amide bonds. The molecule has 0 saturated heterocycles. The molecule has 122 valence electrons. The van der Waals surface area contributed by atoms with E-state index in [1.165, 1.54) is 12.1 Å². The summed E-state index contributed by atoms with van der Waals surface area (Å²) in [6, 6.07) is 13.8. The highest BCUT2D eigenvalue weighted by Crippen LogP contribution is 2.19. The van der Waals surface area contributed by atoms with Gasteiger partial charge in [-0.05, 0) is 56.7 Å². The molecule has 1 unspecified atom stereocenters. The first kappa shape index (κ1) is 16.1. The zero-order valence-electron chi connectivity index (χ0n) is 13.9. The number of carbonyl (C=O) groups excluding carboxylic acids is 1. The predicted molar refractivity (Wildman–Crippen MR) is 93.5 cm³/mol. The predicted octanol–water partition coefficient (Wildman–Crippen LogP) is 4.48. The molecule has 0 bridgehead atoms. The quantitative estimate of drug-likeness (QED) is 0.772. The van der Waals surface area contributed by atoms with Gasteiger partial charge in [-0.25, -0.2) is 4.39 Å². The van der Waals surface area contributed by atoms with Gasteiger partial charge in [0.15, 0.2) is 0 Å². The molecule has 3 aromatic rings. The van der Waals surface area contributed by atoms with Crippen LogP contribution in [0.2, 0.25) is 0 Å². The van der Waals surface area contributed by atoms with E-state index in [2.05, 4.69) is 10.3 Å². The molecule has 2 aromatic carbocycles. The number of halogens is 1. The summed E-state index contributed by atoms with van der Waals surface area (Å²) in [5.41, 5.74) is 4.10. The molecule has 4 heteroatoms. The van der Waals surface area contributed by atoms with Gasteiger partial charge >= 0.3 is 0 Å². The fraction of sp³-hybridized carbons (Fsp3) is 0.200. The van der Waals surface area contributed by atoms with Crippen LogP contribution in [-0.2, 0) is 0 Å². The number of fused-ring (bicyclic) bond motifs is 1. The molecular formula is C20H19FN2O. The first-order valence-electron chi connectivity index (χ1n) is 7.88. The molecule has 3 rings (SSSR count). The van der Waals surface area contributed by atoms with Gasteiger partial charge in [-0.3, -0.25) is 9.78 Å². The van der Waals surface area contributed by atoms with Crippen molar-refractivity contribution in [2.45, 2.75) is 26.8 Å². The molecular weight excluding hydrogens is 303 g/mol. The van der Waals surface area contributed by atoms with E-state index in [0.29, 0.717) is 11.3 Å². The molecule has 1 N–H and O–H groups in total. The summed E-state index contributed by atoms with van der Waals surface area (Å²) in [6.45, 7) is 5.71. The van der Waals surface area contributed by atoms with Gasteiger partial charge in [-0.2, -0.15) is 0 Å². The molecule has 0 fully saturated rings. The zero-order valence-corrected chi connectivity index (χ0v) is 13.9. The smallest absolute Gasteiger partial charge is 0.253 e. The number of aryl methyl sites for hydroxylation is 2. The van der Waals surface area contributed by atoms with Crippen molar-refractivity contribution in [3.63, 3.8) is 0 Å². The number of hydrogen-bond acceptors (Lipinski definition) is 2. The summed E-state index contributed by atoms with van der Waals surface area (Å²) in [6.07, 6.45) is 0. The van der Waals surface area contributed by atoms with Crippen LogP contribution >= 0.6 is 0 Å². The second kappa shape index (κ2) is 6.40. The largest absolute Gasteiger partial charge is 0.345 e. The third-order valence-electron chi connectivity index (χ3n) is 4.12. The Labute approximate surface area is 140 Å². The van der Waals surface area contributed by atoms with E-state index in [4.69, 9.17) is 0 Å². The standard InChI is InChI=1S/C20H19FN2O/c1-12-4-9-19-16(10-12)11-18(14(3)22-19)20(24)23-13(2)15-5-7-17(21)8-6-15/h4-11,13H,1-3H3,(H,23,24). The van der Waals surface area contributed by atoms with Crippen molar-refractivity contribution >= 4 is 16.8 Å². The summed E-state index contributed by atoms with van der Waals surface area (Å²) in [4.78, 5) is 17.1. The number of pyridine rings is 1. The number of benzene rings is 2. The minimum Gasteiger partial charge on any atom is -0.345 e. The minimum absolute atomic E-state index is 0.180. The normalized spacial score (nSPS) is 12.2. The monoisotopic (exact) mass is 322 g/mol. The van der Waals surface area contributed by atoms with Gasteiger partial charge in [-0.1, -0.05) is 23.8 Å². The Balaban J connectivity index is 1.87. The van der Waals surface area contributed by atoms with Gasteiger partial charge < -0.3 is 5.32 Å². The van der Waals surface area contributed by atoms with Crippen LogP contribution in [0.15, 0.2) is 48.5 Å². The van der Waals surface area contributed by atoms with E-state index >= 15 is 0 Å². The lowest BCUT2D eigenvalue weighted by molar-refractivity contribution is 0.0939. The molecule has 0 aliphatic carbocycles. The van der Waals surface area contributed by atoms with Gasteiger partial charge in [0.25, 0.3) is 5.91 Å². The van der Waals surface area contributed by atoms with Crippen molar-refractivity contribution < 1.29 is 9.18 Å². The highest BCUT2D eigenvalue weighted by Gasteiger charge is 2.15. The van der Waals surface area contributed by atoms with E-state index in [1.807, 2.05) is 45.0 Å². The minimum atomic E-state index is -0.290. The Kier molecular flexibility index (Phi) is 4.30. The van der Waals surface area contributed by atoms with Crippen LogP contribution in [0.25, 0.3) is 10.9 Å². The Bertz CT molecular complexity index is 903. The van der Waals surface area contributed by atoms with Gasteiger partial charge in [0.1, 0.15) is 5.82 Å². The second-order valence-corrected chi connectivity index (χ2v) is 6.06. The molecule has 0 saturated carbocycles. The lowest BCUT2D eigenvalue weighted by Crippen LogP contribution is -2.27. The second-order valence-electron chi connectivity index (χ2n) is 6.06. The van der Waals surface area contributed by atoms with Crippen molar-refractivity contribution in [2.75, 3.05) is 0 Å². The van der Waals surface area contributed by atoms with Gasteiger partial charge in [0.05, 0.1) is 22.8 Å². The van der Waals surface area contributed by atoms with E-state index < -0.39 is 0 Å². The highest BCUT2D eigenvalue weighted by atomic mass is 19.1. The van der Waals surface area contributed by atoms with Gasteiger partial charge in [-0.15, -0.1) is 0 Å². The summed E-state index contributed by atoms with van der Waals surface area (Å²) >= 11 is 0. The maximum atomic E-state index is 13.0. The molecule has 1 heterocycles. The van der Waals surface area contributed by atoms with Crippen LogP contribution in [0.5, 0.6) is 0 Å². The summed E-state index contributed by atoms with van der Waals surface area (Å²) in [7, 11) is 0. The number of nitrogens with one attached hydrogen (secondary N) is 1. The lowest BCUT2D eigenvalue weighted by Gasteiger charge is -2.15. The van der Waals surface area contributed by atoms with Crippen LogP contribution in [0.3, 0.4) is 0 Å². The maximum absolute atomic E-state index is 13.0. The molecule has 24 heavy (non-hydrogen) atoms. The average Bonchev–Trinajstić information content (AvgIpc) is 2.55. The van der Waals surface area contributed by atoms with Crippen molar-refractivity contribution in [1.82, 2.24) is 10.3 Å². The average molecular weight is 322 g/mol. The van der Waals surface area contributed by atoms with E-state index in [9.17, 15) is 9.18 Å². The molecule has 3 nitrogen and oxygen atoms in total. The molecule has 0 spiro atoms. The van der Waals surface area contributed by atoms with Crippen LogP contribution in [-0.4, -0.2) is 10.9 Å². The van der Waals surface area contributed by atoms with Gasteiger partial charge in [0.2, 0.25) is 0 Å². The first-order valence-corrected chi connectivity index (χ1v) is 7.88. The Morgan fingerprint density at radius 2 is 1.79 bits per heavy atom. The zero-order chi connectivity index (χ0) is 17.3. The number of nitrogens with zero attached hydrogens (tertiary/aromatic N) is 1.